The number of amides is 1. The first-order valence-corrected chi connectivity index (χ1v) is 31.8. The van der Waals surface area contributed by atoms with E-state index in [1.807, 2.05) is 0 Å². The number of allylic oxidation sites excluding steroid dienone is 8. The van der Waals surface area contributed by atoms with Crippen molar-refractivity contribution in [1.82, 2.24) is 5.32 Å². The second kappa shape index (κ2) is 54.5. The van der Waals surface area contributed by atoms with Crippen molar-refractivity contribution in [1.29, 1.82) is 0 Å². The van der Waals surface area contributed by atoms with Crippen molar-refractivity contribution in [3.63, 3.8) is 0 Å². The molecule has 0 radical (unpaired) electrons. The summed E-state index contributed by atoms with van der Waals surface area (Å²) in [5, 5.41) is 54.8. The maximum Gasteiger partial charge on any atom is 0.220 e. The highest BCUT2D eigenvalue weighted by molar-refractivity contribution is 5.76. The van der Waals surface area contributed by atoms with Crippen LogP contribution in [0.2, 0.25) is 0 Å². The summed E-state index contributed by atoms with van der Waals surface area (Å²) < 4.78 is 11.4. The smallest absolute Gasteiger partial charge is 0.220 e. The van der Waals surface area contributed by atoms with Crippen LogP contribution in [0.3, 0.4) is 0 Å². The summed E-state index contributed by atoms with van der Waals surface area (Å²) in [5.41, 5.74) is 0. The Morgan fingerprint density at radius 3 is 1.24 bits per heavy atom. The number of aliphatic hydroxyl groups excluding tert-OH is 5. The van der Waals surface area contributed by atoms with Gasteiger partial charge in [-0.1, -0.05) is 294 Å². The lowest BCUT2D eigenvalue weighted by Gasteiger charge is -2.40. The second-order valence-electron chi connectivity index (χ2n) is 22.2. The molecule has 1 amide bonds. The first-order chi connectivity index (χ1) is 36.3. The summed E-state index contributed by atoms with van der Waals surface area (Å²) in [6.07, 6.45) is 65.8. The van der Waals surface area contributed by atoms with E-state index in [0.717, 1.165) is 64.2 Å². The van der Waals surface area contributed by atoms with E-state index in [2.05, 4.69) is 67.8 Å². The van der Waals surface area contributed by atoms with Gasteiger partial charge in [-0.15, -0.1) is 0 Å². The number of carbonyl (C=O) groups excluding carboxylic acids is 1. The van der Waals surface area contributed by atoms with E-state index >= 15 is 0 Å². The zero-order chi connectivity index (χ0) is 53.6. The molecule has 0 saturated carbocycles. The standard InChI is InChI=1S/C65H121NO8/c1-3-5-7-9-11-13-15-17-19-21-23-25-27-29-30-31-33-35-37-39-41-43-45-47-49-51-53-55-61(69)66-58(57-73-65-64(72)63(71)62(70)60(56-67)74-65)59(68)54-52-50-48-46-44-42-40-38-36-34-32-28-26-24-22-20-18-16-14-12-10-8-6-4-2/h5,7,11,13,17,19,23,25,58-60,62-65,67-68,70-72H,3-4,6,8-10,12,14-16,18,20-22,24,26-57H2,1-2H3,(H,66,69)/b7-5-,13-11-,19-17-,25-23-. The third-order valence-corrected chi connectivity index (χ3v) is 15.2. The Hall–Kier alpha value is -1.85. The molecular formula is C65H121NO8. The fourth-order valence-electron chi connectivity index (χ4n) is 10.2. The topological polar surface area (TPSA) is 149 Å². The Bertz CT molecular complexity index is 1300. The molecule has 7 unspecified atom stereocenters. The fourth-order valence-corrected chi connectivity index (χ4v) is 10.2. The van der Waals surface area contributed by atoms with Crippen molar-refractivity contribution in [3.05, 3.63) is 48.6 Å². The lowest BCUT2D eigenvalue weighted by Crippen LogP contribution is -2.60. The van der Waals surface area contributed by atoms with Crippen LogP contribution >= 0.6 is 0 Å². The Morgan fingerprint density at radius 2 is 0.838 bits per heavy atom. The quantitative estimate of drug-likeness (QED) is 0.0261. The van der Waals surface area contributed by atoms with Gasteiger partial charge in [-0.3, -0.25) is 4.79 Å². The first-order valence-electron chi connectivity index (χ1n) is 31.8. The molecule has 0 aromatic heterocycles. The monoisotopic (exact) mass is 1040 g/mol. The Morgan fingerprint density at radius 1 is 0.473 bits per heavy atom. The largest absolute Gasteiger partial charge is 0.394 e. The molecule has 74 heavy (non-hydrogen) atoms. The molecule has 434 valence electrons. The number of hydrogen-bond acceptors (Lipinski definition) is 8. The first kappa shape index (κ1) is 70.2. The van der Waals surface area contributed by atoms with Crippen LogP contribution in [-0.2, 0) is 14.3 Å². The molecular weight excluding hydrogens is 923 g/mol. The summed E-state index contributed by atoms with van der Waals surface area (Å²) in [5.74, 6) is -0.142. The molecule has 0 spiro atoms. The van der Waals surface area contributed by atoms with E-state index in [4.69, 9.17) is 9.47 Å². The van der Waals surface area contributed by atoms with Crippen LogP contribution in [-0.4, -0.2) is 87.5 Å². The van der Waals surface area contributed by atoms with Gasteiger partial charge in [0.25, 0.3) is 0 Å². The van der Waals surface area contributed by atoms with Crippen LogP contribution in [0.4, 0.5) is 0 Å². The van der Waals surface area contributed by atoms with Gasteiger partial charge in [0.15, 0.2) is 6.29 Å². The molecule has 1 aliphatic heterocycles. The number of rotatable bonds is 55. The summed E-state index contributed by atoms with van der Waals surface area (Å²) in [6.45, 7) is 3.76. The van der Waals surface area contributed by atoms with Crippen molar-refractivity contribution in [3.8, 4) is 0 Å². The molecule has 1 saturated heterocycles. The number of unbranched alkanes of at least 4 members (excludes halogenated alkanes) is 37. The summed E-state index contributed by atoms with van der Waals surface area (Å²) >= 11 is 0. The molecule has 9 heteroatoms. The van der Waals surface area contributed by atoms with Gasteiger partial charge in [-0.2, -0.15) is 0 Å². The van der Waals surface area contributed by atoms with Crippen molar-refractivity contribution >= 4 is 5.91 Å². The minimum absolute atomic E-state index is 0.137. The van der Waals surface area contributed by atoms with Crippen LogP contribution in [0, 0.1) is 0 Å². The van der Waals surface area contributed by atoms with Crippen molar-refractivity contribution in [2.45, 2.75) is 346 Å². The Balaban J connectivity index is 2.16. The molecule has 0 aliphatic carbocycles. The summed E-state index contributed by atoms with van der Waals surface area (Å²) in [7, 11) is 0. The molecule has 0 bridgehead atoms. The van der Waals surface area contributed by atoms with Crippen LogP contribution in [0.1, 0.15) is 303 Å². The second-order valence-corrected chi connectivity index (χ2v) is 22.2. The maximum atomic E-state index is 13.1. The van der Waals surface area contributed by atoms with Crippen LogP contribution in [0.15, 0.2) is 48.6 Å². The molecule has 9 nitrogen and oxygen atoms in total. The van der Waals surface area contributed by atoms with Crippen molar-refractivity contribution < 1.29 is 39.8 Å². The minimum Gasteiger partial charge on any atom is -0.394 e. The predicted molar refractivity (Wildman–Crippen MR) is 313 cm³/mol. The Labute approximate surface area is 456 Å². The van der Waals surface area contributed by atoms with Crippen molar-refractivity contribution in [2.24, 2.45) is 0 Å². The number of ether oxygens (including phenoxy) is 2. The van der Waals surface area contributed by atoms with Gasteiger partial charge in [-0.05, 0) is 51.4 Å². The maximum absolute atomic E-state index is 13.1. The molecule has 1 heterocycles. The third-order valence-electron chi connectivity index (χ3n) is 15.2. The van der Waals surface area contributed by atoms with Gasteiger partial charge in [0.1, 0.15) is 24.4 Å². The molecule has 6 N–H and O–H groups in total. The number of carbonyl (C=O) groups is 1. The SMILES string of the molecule is CC/C=C\C/C=C\C/C=C\C/C=C\CCCCCCCCCCCCCCCCC(=O)NC(COC1OC(CO)C(O)C(O)C1O)C(O)CCCCCCCCCCCCCCCCCCCCCCCCCC. The normalized spacial score (nSPS) is 19.3. The van der Waals surface area contributed by atoms with E-state index in [1.165, 1.54) is 212 Å². The van der Waals surface area contributed by atoms with E-state index in [0.29, 0.717) is 12.8 Å². The van der Waals surface area contributed by atoms with Gasteiger partial charge in [0.05, 0.1) is 25.4 Å². The van der Waals surface area contributed by atoms with E-state index in [-0.39, 0.29) is 12.5 Å². The highest BCUT2D eigenvalue weighted by Gasteiger charge is 2.44. The molecule has 1 fully saturated rings. The minimum atomic E-state index is -1.55. The summed E-state index contributed by atoms with van der Waals surface area (Å²) in [6, 6.07) is -0.721. The number of nitrogens with one attached hydrogen (secondary N) is 1. The molecule has 0 aromatic carbocycles. The zero-order valence-electron chi connectivity index (χ0n) is 48.4. The van der Waals surface area contributed by atoms with Crippen LogP contribution in [0.5, 0.6) is 0 Å². The van der Waals surface area contributed by atoms with Gasteiger partial charge < -0.3 is 40.3 Å². The zero-order valence-corrected chi connectivity index (χ0v) is 48.4. The van der Waals surface area contributed by atoms with E-state index in [9.17, 15) is 30.3 Å². The van der Waals surface area contributed by atoms with Gasteiger partial charge in [-0.25, -0.2) is 0 Å². The molecule has 7 atom stereocenters. The van der Waals surface area contributed by atoms with Crippen molar-refractivity contribution in [2.75, 3.05) is 13.2 Å². The van der Waals surface area contributed by atoms with Crippen LogP contribution in [0.25, 0.3) is 0 Å². The molecule has 0 aromatic rings. The highest BCUT2D eigenvalue weighted by atomic mass is 16.7. The number of hydrogen-bond donors (Lipinski definition) is 6. The average Bonchev–Trinajstić information content (AvgIpc) is 3.40. The lowest BCUT2D eigenvalue weighted by atomic mass is 9.99. The predicted octanol–water partition coefficient (Wildman–Crippen LogP) is 16.5. The molecule has 1 aliphatic rings. The average molecular weight is 1040 g/mol. The van der Waals surface area contributed by atoms with Gasteiger partial charge in [0.2, 0.25) is 5.91 Å². The lowest BCUT2D eigenvalue weighted by molar-refractivity contribution is -0.302. The third kappa shape index (κ3) is 43.2. The highest BCUT2D eigenvalue weighted by Crippen LogP contribution is 2.23. The fraction of sp³-hybridized carbons (Fsp3) is 0.862. The van der Waals surface area contributed by atoms with E-state index in [1.54, 1.807) is 0 Å². The van der Waals surface area contributed by atoms with Gasteiger partial charge >= 0.3 is 0 Å². The Kier molecular flexibility index (Phi) is 51.7. The van der Waals surface area contributed by atoms with Gasteiger partial charge in [0, 0.05) is 6.42 Å². The molecule has 1 rings (SSSR count). The number of aliphatic hydroxyl groups is 5. The van der Waals surface area contributed by atoms with Crippen LogP contribution < -0.4 is 5.32 Å². The van der Waals surface area contributed by atoms with E-state index < -0.39 is 49.5 Å². The summed E-state index contributed by atoms with van der Waals surface area (Å²) in [4.78, 5) is 13.1.